The third-order valence-electron chi connectivity index (χ3n) is 3.42. The van der Waals surface area contributed by atoms with E-state index in [-0.39, 0.29) is 5.97 Å². The predicted octanol–water partition coefficient (Wildman–Crippen LogP) is 2.29. The number of carbonyl (C=O) groups is 1. The molecule has 0 atom stereocenters. The number of esters is 1. The summed E-state index contributed by atoms with van der Waals surface area (Å²) in [6.07, 6.45) is 6.86. The minimum Gasteiger partial charge on any atom is -0.461 e. The van der Waals surface area contributed by atoms with Crippen LogP contribution in [0.15, 0.2) is 18.5 Å². The lowest BCUT2D eigenvalue weighted by Gasteiger charge is -2.20. The molecule has 106 valence electrons. The second kappa shape index (κ2) is 5.38. The lowest BCUT2D eigenvalue weighted by molar-refractivity contribution is 0.0518. The molecule has 0 bridgehead atoms. The van der Waals surface area contributed by atoms with Gasteiger partial charge >= 0.3 is 5.97 Å². The molecule has 20 heavy (non-hydrogen) atoms. The van der Waals surface area contributed by atoms with Crippen LogP contribution in [0, 0.1) is 0 Å². The van der Waals surface area contributed by atoms with E-state index in [1.165, 1.54) is 10.5 Å². The number of aromatic nitrogens is 2. The van der Waals surface area contributed by atoms with Gasteiger partial charge in [0.05, 0.1) is 17.7 Å². The van der Waals surface area contributed by atoms with Crippen molar-refractivity contribution in [3.63, 3.8) is 0 Å². The molecule has 2 aromatic rings. The van der Waals surface area contributed by atoms with Crippen molar-refractivity contribution in [3.8, 4) is 0 Å². The summed E-state index contributed by atoms with van der Waals surface area (Å²) in [6, 6.07) is 0. The maximum atomic E-state index is 11.8. The molecule has 0 unspecified atom stereocenters. The molecule has 1 aliphatic heterocycles. The Morgan fingerprint density at radius 2 is 2.40 bits per heavy atom. The molecule has 2 aromatic heterocycles. The van der Waals surface area contributed by atoms with E-state index in [2.05, 4.69) is 23.0 Å². The summed E-state index contributed by atoms with van der Waals surface area (Å²) in [4.78, 5) is 20.5. The smallest absolute Gasteiger partial charge is 0.356 e. The minimum absolute atomic E-state index is 0.318. The van der Waals surface area contributed by atoms with Crippen molar-refractivity contribution in [2.45, 2.75) is 13.3 Å². The van der Waals surface area contributed by atoms with Crippen LogP contribution in [0.2, 0.25) is 0 Å². The first-order chi connectivity index (χ1) is 9.69. The van der Waals surface area contributed by atoms with Gasteiger partial charge in [0.25, 0.3) is 0 Å². The maximum Gasteiger partial charge on any atom is 0.356 e. The van der Waals surface area contributed by atoms with Gasteiger partial charge in [-0.25, -0.2) is 9.78 Å². The number of carbonyl (C=O) groups excluding carboxylic acids is 1. The van der Waals surface area contributed by atoms with Crippen molar-refractivity contribution in [3.05, 3.63) is 29.0 Å². The fraction of sp³-hybridized carbons (Fsp3) is 0.429. The van der Waals surface area contributed by atoms with Gasteiger partial charge in [0.15, 0.2) is 10.7 Å². The Balaban J connectivity index is 1.93. The van der Waals surface area contributed by atoms with Crippen molar-refractivity contribution in [1.29, 1.82) is 0 Å². The van der Waals surface area contributed by atoms with Gasteiger partial charge in [-0.1, -0.05) is 17.4 Å². The van der Waals surface area contributed by atoms with Crippen LogP contribution < -0.4 is 0 Å². The summed E-state index contributed by atoms with van der Waals surface area (Å²) >= 11 is 1.62. The molecule has 3 rings (SSSR count). The van der Waals surface area contributed by atoms with E-state index in [0.717, 1.165) is 24.5 Å². The lowest BCUT2D eigenvalue weighted by Crippen LogP contribution is -2.23. The van der Waals surface area contributed by atoms with Crippen LogP contribution >= 0.6 is 11.3 Å². The third-order valence-corrected chi connectivity index (χ3v) is 4.50. The van der Waals surface area contributed by atoms with Crippen molar-refractivity contribution < 1.29 is 9.53 Å². The topological polar surface area (TPSA) is 46.8 Å². The molecule has 0 N–H and O–H groups in total. The molecular weight excluding hydrogens is 274 g/mol. The highest BCUT2D eigenvalue weighted by molar-refractivity contribution is 7.18. The molecule has 6 heteroatoms. The highest BCUT2D eigenvalue weighted by atomic mass is 32.1. The molecule has 0 saturated carbocycles. The Labute approximate surface area is 121 Å². The van der Waals surface area contributed by atoms with E-state index >= 15 is 0 Å². The molecule has 0 fully saturated rings. The first-order valence-corrected chi connectivity index (χ1v) is 7.52. The molecule has 0 radical (unpaired) electrons. The first-order valence-electron chi connectivity index (χ1n) is 6.71. The Kier molecular flexibility index (Phi) is 3.58. The number of imidazole rings is 1. The van der Waals surface area contributed by atoms with Crippen molar-refractivity contribution in [1.82, 2.24) is 14.3 Å². The van der Waals surface area contributed by atoms with Gasteiger partial charge in [-0.2, -0.15) is 0 Å². The van der Waals surface area contributed by atoms with E-state index in [9.17, 15) is 4.79 Å². The number of hydrogen-bond donors (Lipinski definition) is 0. The molecule has 5 nitrogen and oxygen atoms in total. The molecule has 3 heterocycles. The van der Waals surface area contributed by atoms with Crippen LogP contribution in [-0.2, 0) is 4.74 Å². The lowest BCUT2D eigenvalue weighted by atomic mass is 10.1. The van der Waals surface area contributed by atoms with Gasteiger partial charge in [-0.3, -0.25) is 4.40 Å². The Hall–Kier alpha value is -1.66. The monoisotopic (exact) mass is 291 g/mol. The molecule has 0 amide bonds. The standard InChI is InChI=1S/C14H17N3O2S/c1-3-19-13(18)11-8-15-14-17(11)9-12(20-14)10-4-6-16(2)7-5-10/h4,8-9H,3,5-7H2,1-2H3. The van der Waals surface area contributed by atoms with Crippen molar-refractivity contribution >= 4 is 27.8 Å². The quantitative estimate of drug-likeness (QED) is 0.814. The average Bonchev–Trinajstić information content (AvgIpc) is 2.99. The Morgan fingerprint density at radius 3 is 3.10 bits per heavy atom. The number of thiazole rings is 1. The average molecular weight is 291 g/mol. The molecule has 0 spiro atoms. The number of ether oxygens (including phenoxy) is 1. The van der Waals surface area contributed by atoms with Crippen molar-refractivity contribution in [2.75, 3.05) is 26.7 Å². The van der Waals surface area contributed by atoms with Crippen LogP contribution in [0.3, 0.4) is 0 Å². The van der Waals surface area contributed by atoms with Gasteiger partial charge in [0.2, 0.25) is 0 Å². The van der Waals surface area contributed by atoms with E-state index in [1.54, 1.807) is 24.5 Å². The van der Waals surface area contributed by atoms with E-state index in [0.29, 0.717) is 12.3 Å². The molecule has 1 aliphatic rings. The van der Waals surface area contributed by atoms with Gasteiger partial charge in [-0.05, 0) is 26.0 Å². The molecular formula is C14H17N3O2S. The number of hydrogen-bond acceptors (Lipinski definition) is 5. The Morgan fingerprint density at radius 1 is 1.55 bits per heavy atom. The zero-order valence-corrected chi connectivity index (χ0v) is 12.4. The third kappa shape index (κ3) is 2.36. The predicted molar refractivity (Wildman–Crippen MR) is 79.1 cm³/mol. The van der Waals surface area contributed by atoms with Crippen molar-refractivity contribution in [2.24, 2.45) is 0 Å². The van der Waals surface area contributed by atoms with Crippen LogP contribution in [0.5, 0.6) is 0 Å². The fourth-order valence-corrected chi connectivity index (χ4v) is 3.31. The first kappa shape index (κ1) is 13.3. The number of nitrogens with zero attached hydrogens (tertiary/aromatic N) is 3. The van der Waals surface area contributed by atoms with E-state index in [4.69, 9.17) is 4.74 Å². The van der Waals surface area contributed by atoms with E-state index < -0.39 is 0 Å². The van der Waals surface area contributed by atoms with Crippen LogP contribution in [0.4, 0.5) is 0 Å². The maximum absolute atomic E-state index is 11.8. The SMILES string of the molecule is CCOC(=O)c1cnc2sc(C3=CCN(C)CC3)cn12. The highest BCUT2D eigenvalue weighted by Crippen LogP contribution is 2.29. The van der Waals surface area contributed by atoms with Crippen LogP contribution in [-0.4, -0.2) is 47.0 Å². The summed E-state index contributed by atoms with van der Waals surface area (Å²) < 4.78 is 6.88. The summed E-state index contributed by atoms with van der Waals surface area (Å²) in [5, 5.41) is 0. The molecule has 0 saturated heterocycles. The number of fused-ring (bicyclic) bond motifs is 1. The molecule has 0 aromatic carbocycles. The Bertz CT molecular complexity index is 671. The largest absolute Gasteiger partial charge is 0.461 e. The van der Waals surface area contributed by atoms with Gasteiger partial charge in [0, 0.05) is 19.3 Å². The number of likely N-dealkylation sites (N-methyl/N-ethyl adjacent to an activating group) is 1. The summed E-state index contributed by atoms with van der Waals surface area (Å²) in [7, 11) is 2.12. The van der Waals surface area contributed by atoms with Crippen LogP contribution in [0.25, 0.3) is 10.5 Å². The van der Waals surface area contributed by atoms with Gasteiger partial charge in [-0.15, -0.1) is 0 Å². The normalized spacial score (nSPS) is 16.4. The zero-order chi connectivity index (χ0) is 14.1. The van der Waals surface area contributed by atoms with Crippen LogP contribution in [0.1, 0.15) is 28.7 Å². The summed E-state index contributed by atoms with van der Waals surface area (Å²) in [6.45, 7) is 4.22. The fourth-order valence-electron chi connectivity index (χ4n) is 2.29. The summed E-state index contributed by atoms with van der Waals surface area (Å²) in [5.41, 5.74) is 1.84. The zero-order valence-electron chi connectivity index (χ0n) is 11.6. The second-order valence-electron chi connectivity index (χ2n) is 4.85. The minimum atomic E-state index is -0.318. The summed E-state index contributed by atoms with van der Waals surface area (Å²) in [5.74, 6) is -0.318. The molecule has 0 aliphatic carbocycles. The van der Waals surface area contributed by atoms with Gasteiger partial charge < -0.3 is 9.64 Å². The second-order valence-corrected chi connectivity index (χ2v) is 5.86. The van der Waals surface area contributed by atoms with E-state index in [1.807, 2.05) is 10.6 Å². The van der Waals surface area contributed by atoms with Gasteiger partial charge in [0.1, 0.15) is 0 Å². The highest BCUT2D eigenvalue weighted by Gasteiger charge is 2.18. The number of rotatable bonds is 3.